The maximum atomic E-state index is 10.1. The molecule has 1 aliphatic rings. The fourth-order valence-corrected chi connectivity index (χ4v) is 2.21. The molecule has 0 bridgehead atoms. The van der Waals surface area contributed by atoms with Gasteiger partial charge in [-0.05, 0) is 52.0 Å². The third-order valence-corrected chi connectivity index (χ3v) is 3.20. The highest BCUT2D eigenvalue weighted by atomic mass is 16.5. The first-order chi connectivity index (χ1) is 7.64. The van der Waals surface area contributed by atoms with Crippen molar-refractivity contribution in [1.29, 1.82) is 0 Å². The van der Waals surface area contributed by atoms with Gasteiger partial charge in [-0.25, -0.2) is 0 Å². The predicted octanol–water partition coefficient (Wildman–Crippen LogP) is 2.09. The van der Waals surface area contributed by atoms with Crippen LogP contribution in [0.1, 0.15) is 52.4 Å². The smallest absolute Gasteiger partial charge is 0.0743 e. The highest BCUT2D eigenvalue weighted by molar-refractivity contribution is 4.76. The second kappa shape index (κ2) is 7.25. The summed E-state index contributed by atoms with van der Waals surface area (Å²) in [6, 6.07) is 0. The highest BCUT2D eigenvalue weighted by Gasteiger charge is 2.21. The molecule has 0 amide bonds. The van der Waals surface area contributed by atoms with Crippen molar-refractivity contribution in [1.82, 2.24) is 5.32 Å². The van der Waals surface area contributed by atoms with Gasteiger partial charge in [0.1, 0.15) is 0 Å². The maximum Gasteiger partial charge on any atom is 0.0743 e. The second-order valence-corrected chi connectivity index (χ2v) is 5.20. The van der Waals surface area contributed by atoms with Crippen molar-refractivity contribution in [3.63, 3.8) is 0 Å². The largest absolute Gasteiger partial charge is 0.389 e. The molecule has 3 nitrogen and oxygen atoms in total. The molecule has 1 heterocycles. The molecule has 3 heteroatoms. The third kappa shape index (κ3) is 5.83. The van der Waals surface area contributed by atoms with Gasteiger partial charge in [0.15, 0.2) is 0 Å². The van der Waals surface area contributed by atoms with Gasteiger partial charge in [0.25, 0.3) is 0 Å². The van der Waals surface area contributed by atoms with Crippen molar-refractivity contribution in [2.24, 2.45) is 0 Å². The molecule has 0 spiro atoms. The quantitative estimate of drug-likeness (QED) is 0.626. The summed E-state index contributed by atoms with van der Waals surface area (Å²) >= 11 is 0. The summed E-state index contributed by atoms with van der Waals surface area (Å²) < 4.78 is 5.57. The number of hydrogen-bond acceptors (Lipinski definition) is 3. The SMILES string of the molecule is CCCNCC(C)(O)CCCC1CCCO1. The van der Waals surface area contributed by atoms with Gasteiger partial charge in [-0.2, -0.15) is 0 Å². The van der Waals surface area contributed by atoms with Crippen LogP contribution in [0.4, 0.5) is 0 Å². The monoisotopic (exact) mass is 229 g/mol. The molecule has 1 rings (SSSR count). The third-order valence-electron chi connectivity index (χ3n) is 3.20. The van der Waals surface area contributed by atoms with Gasteiger partial charge in [-0.3, -0.25) is 0 Å². The van der Waals surface area contributed by atoms with E-state index in [4.69, 9.17) is 4.74 Å². The van der Waals surface area contributed by atoms with Gasteiger partial charge in [-0.1, -0.05) is 6.92 Å². The zero-order valence-corrected chi connectivity index (χ0v) is 10.8. The van der Waals surface area contributed by atoms with Crippen LogP contribution in [0.3, 0.4) is 0 Å². The first-order valence-electron chi connectivity index (χ1n) is 6.69. The van der Waals surface area contributed by atoms with E-state index in [-0.39, 0.29) is 0 Å². The molecular weight excluding hydrogens is 202 g/mol. The zero-order chi connectivity index (χ0) is 11.9. The minimum absolute atomic E-state index is 0.458. The highest BCUT2D eigenvalue weighted by Crippen LogP contribution is 2.20. The number of ether oxygens (including phenoxy) is 1. The van der Waals surface area contributed by atoms with E-state index in [0.717, 1.165) is 38.8 Å². The van der Waals surface area contributed by atoms with E-state index in [9.17, 15) is 5.11 Å². The van der Waals surface area contributed by atoms with E-state index in [1.807, 2.05) is 6.92 Å². The molecule has 0 aromatic heterocycles. The molecule has 1 saturated heterocycles. The van der Waals surface area contributed by atoms with Gasteiger partial charge in [0.05, 0.1) is 11.7 Å². The van der Waals surface area contributed by atoms with Crippen molar-refractivity contribution in [2.45, 2.75) is 64.1 Å². The molecule has 0 radical (unpaired) electrons. The molecule has 2 atom stereocenters. The number of hydrogen-bond donors (Lipinski definition) is 2. The lowest BCUT2D eigenvalue weighted by molar-refractivity contribution is 0.0406. The fraction of sp³-hybridized carbons (Fsp3) is 1.00. The molecule has 0 aliphatic carbocycles. The van der Waals surface area contributed by atoms with E-state index in [1.54, 1.807) is 0 Å². The van der Waals surface area contributed by atoms with Crippen molar-refractivity contribution in [2.75, 3.05) is 19.7 Å². The normalized spacial score (nSPS) is 24.6. The Labute approximate surface area is 99.6 Å². The first-order valence-corrected chi connectivity index (χ1v) is 6.69. The molecule has 2 unspecified atom stereocenters. The summed E-state index contributed by atoms with van der Waals surface area (Å²) in [7, 11) is 0. The molecule has 1 fully saturated rings. The lowest BCUT2D eigenvalue weighted by Gasteiger charge is -2.24. The molecule has 96 valence electrons. The summed E-state index contributed by atoms with van der Waals surface area (Å²) in [5.41, 5.74) is -0.562. The standard InChI is InChI=1S/C13H27NO2/c1-3-9-14-11-13(2,15)8-4-6-12-7-5-10-16-12/h12,14-15H,3-11H2,1-2H3. The Morgan fingerprint density at radius 1 is 1.50 bits per heavy atom. The Balaban J connectivity index is 2.04. The van der Waals surface area contributed by atoms with E-state index in [2.05, 4.69) is 12.2 Å². The number of rotatable bonds is 8. The number of aliphatic hydroxyl groups is 1. The summed E-state index contributed by atoms with van der Waals surface area (Å²) in [6.45, 7) is 6.68. The molecule has 0 aromatic rings. The van der Waals surface area contributed by atoms with Crippen molar-refractivity contribution in [3.8, 4) is 0 Å². The molecule has 0 saturated carbocycles. The summed E-state index contributed by atoms with van der Waals surface area (Å²) in [5.74, 6) is 0. The van der Waals surface area contributed by atoms with Gasteiger partial charge < -0.3 is 15.2 Å². The Bertz CT molecular complexity index is 177. The van der Waals surface area contributed by atoms with Gasteiger partial charge in [0.2, 0.25) is 0 Å². The molecular formula is C13H27NO2. The van der Waals surface area contributed by atoms with Crippen LogP contribution in [0.2, 0.25) is 0 Å². The minimum atomic E-state index is -0.562. The van der Waals surface area contributed by atoms with Crippen molar-refractivity contribution >= 4 is 0 Å². The van der Waals surface area contributed by atoms with Crippen LogP contribution >= 0.6 is 0 Å². The predicted molar refractivity (Wildman–Crippen MR) is 66.6 cm³/mol. The second-order valence-electron chi connectivity index (χ2n) is 5.20. The van der Waals surface area contributed by atoms with Crippen LogP contribution in [0.5, 0.6) is 0 Å². The van der Waals surface area contributed by atoms with Crippen molar-refractivity contribution in [3.05, 3.63) is 0 Å². The lowest BCUT2D eigenvalue weighted by Crippen LogP contribution is -2.38. The average Bonchev–Trinajstić information content (AvgIpc) is 2.70. The molecule has 1 aliphatic heterocycles. The summed E-state index contributed by atoms with van der Waals surface area (Å²) in [6.07, 6.45) is 7.01. The van der Waals surface area contributed by atoms with Crippen LogP contribution in [0, 0.1) is 0 Å². The first kappa shape index (κ1) is 13.9. The topological polar surface area (TPSA) is 41.5 Å². The van der Waals surface area contributed by atoms with Crippen LogP contribution in [0.15, 0.2) is 0 Å². The Kier molecular flexibility index (Phi) is 6.32. The Morgan fingerprint density at radius 2 is 2.31 bits per heavy atom. The van der Waals surface area contributed by atoms with Crippen LogP contribution in [-0.2, 0) is 4.74 Å². The Morgan fingerprint density at radius 3 is 2.94 bits per heavy atom. The summed E-state index contributed by atoms with van der Waals surface area (Å²) in [5, 5.41) is 13.4. The fourth-order valence-electron chi connectivity index (χ4n) is 2.21. The van der Waals surface area contributed by atoms with Gasteiger partial charge in [-0.15, -0.1) is 0 Å². The van der Waals surface area contributed by atoms with E-state index >= 15 is 0 Å². The molecule has 0 aromatic carbocycles. The van der Waals surface area contributed by atoms with Crippen molar-refractivity contribution < 1.29 is 9.84 Å². The maximum absolute atomic E-state index is 10.1. The number of nitrogens with one attached hydrogen (secondary N) is 1. The van der Waals surface area contributed by atoms with Gasteiger partial charge in [0, 0.05) is 13.2 Å². The van der Waals surface area contributed by atoms with Crippen LogP contribution in [0.25, 0.3) is 0 Å². The van der Waals surface area contributed by atoms with Crippen LogP contribution < -0.4 is 5.32 Å². The van der Waals surface area contributed by atoms with E-state index in [0.29, 0.717) is 12.6 Å². The van der Waals surface area contributed by atoms with E-state index < -0.39 is 5.60 Å². The van der Waals surface area contributed by atoms with Crippen LogP contribution in [-0.4, -0.2) is 36.5 Å². The Hall–Kier alpha value is -0.120. The zero-order valence-electron chi connectivity index (χ0n) is 10.8. The van der Waals surface area contributed by atoms with Gasteiger partial charge >= 0.3 is 0 Å². The molecule has 2 N–H and O–H groups in total. The van der Waals surface area contributed by atoms with E-state index in [1.165, 1.54) is 12.8 Å². The lowest BCUT2D eigenvalue weighted by atomic mass is 9.97. The summed E-state index contributed by atoms with van der Waals surface area (Å²) in [4.78, 5) is 0. The minimum Gasteiger partial charge on any atom is -0.389 e. The average molecular weight is 229 g/mol. The molecule has 16 heavy (non-hydrogen) atoms.